The van der Waals surface area contributed by atoms with E-state index in [0.717, 1.165) is 48.6 Å². The number of rotatable bonds is 2. The van der Waals surface area contributed by atoms with Crippen LogP contribution in [0.25, 0.3) is 0 Å². The van der Waals surface area contributed by atoms with Crippen LogP contribution in [0.3, 0.4) is 0 Å². The molecule has 4 rings (SSSR count). The normalized spacial score (nSPS) is 19.4. The van der Waals surface area contributed by atoms with Gasteiger partial charge in [0.05, 0.1) is 22.4 Å². The second-order valence-electron chi connectivity index (χ2n) is 5.56. The fraction of sp³-hybridized carbons (Fsp3) is 0.400. The van der Waals surface area contributed by atoms with Gasteiger partial charge in [0, 0.05) is 25.7 Å². The lowest BCUT2D eigenvalue weighted by Crippen LogP contribution is -2.33. The van der Waals surface area contributed by atoms with Gasteiger partial charge < -0.3 is 10.3 Å². The molecular weight excluding hydrogens is 252 g/mol. The van der Waals surface area contributed by atoms with Crippen LogP contribution in [0.15, 0.2) is 29.2 Å². The van der Waals surface area contributed by atoms with Crippen LogP contribution in [0.1, 0.15) is 35.6 Å². The first-order valence-electron chi connectivity index (χ1n) is 7.04. The van der Waals surface area contributed by atoms with E-state index >= 15 is 0 Å². The zero-order chi connectivity index (χ0) is 13.6. The quantitative estimate of drug-likeness (QED) is 0.848. The zero-order valence-corrected chi connectivity index (χ0v) is 11.1. The van der Waals surface area contributed by atoms with E-state index in [1.807, 2.05) is 18.2 Å². The second kappa shape index (κ2) is 4.24. The number of nitrogens with zero attached hydrogens (tertiary/aromatic N) is 2. The summed E-state index contributed by atoms with van der Waals surface area (Å²) in [6, 6.07) is 5.92. The maximum absolute atomic E-state index is 12.2. The van der Waals surface area contributed by atoms with E-state index in [-0.39, 0.29) is 11.0 Å². The van der Waals surface area contributed by atoms with Gasteiger partial charge in [-0.15, -0.1) is 0 Å². The van der Waals surface area contributed by atoms with Crippen molar-refractivity contribution in [2.45, 2.75) is 31.2 Å². The molecule has 1 aliphatic heterocycles. The lowest BCUT2D eigenvalue weighted by Gasteiger charge is -2.19. The van der Waals surface area contributed by atoms with Gasteiger partial charge in [-0.05, 0) is 25.0 Å². The lowest BCUT2D eigenvalue weighted by molar-refractivity contribution is 0.602. The number of hydrogen-bond acceptors (Lipinski definition) is 4. The molecule has 5 heteroatoms. The molecule has 1 fully saturated rings. The summed E-state index contributed by atoms with van der Waals surface area (Å²) in [7, 11) is 0. The molecule has 0 radical (unpaired) electrons. The smallest absolute Gasteiger partial charge is 0.255 e. The van der Waals surface area contributed by atoms with Crippen molar-refractivity contribution in [1.82, 2.24) is 20.3 Å². The molecular formula is C15H16N4O. The van der Waals surface area contributed by atoms with Crippen LogP contribution in [0.5, 0.6) is 0 Å². The molecule has 5 nitrogen and oxygen atoms in total. The minimum Gasteiger partial charge on any atom is -0.312 e. The minimum atomic E-state index is -0.166. The van der Waals surface area contributed by atoms with Crippen molar-refractivity contribution in [3.63, 3.8) is 0 Å². The standard InChI is InChI=1S/C15H16N4O/c20-13-10-9-16-8-4-11(10)18-14(19-13)15(5-6-15)12-3-1-2-7-17-12/h1-3,7,16H,4-6,8-9H2,(H,18,19,20). The molecule has 102 valence electrons. The first-order valence-corrected chi connectivity index (χ1v) is 7.04. The molecule has 1 aliphatic carbocycles. The van der Waals surface area contributed by atoms with Crippen LogP contribution in [0.2, 0.25) is 0 Å². The molecule has 0 amide bonds. The Labute approximate surface area is 116 Å². The summed E-state index contributed by atoms with van der Waals surface area (Å²) in [6.07, 6.45) is 4.63. The van der Waals surface area contributed by atoms with Crippen LogP contribution in [-0.2, 0) is 18.4 Å². The van der Waals surface area contributed by atoms with Gasteiger partial charge in [-0.3, -0.25) is 9.78 Å². The third-order valence-electron chi connectivity index (χ3n) is 4.30. The number of hydrogen-bond donors (Lipinski definition) is 2. The van der Waals surface area contributed by atoms with E-state index in [1.165, 1.54) is 0 Å². The molecule has 1 saturated carbocycles. The summed E-state index contributed by atoms with van der Waals surface area (Å²) in [6.45, 7) is 1.51. The van der Waals surface area contributed by atoms with E-state index in [2.05, 4.69) is 15.3 Å². The maximum atomic E-state index is 12.2. The number of H-pyrrole nitrogens is 1. The van der Waals surface area contributed by atoms with Gasteiger partial charge in [0.15, 0.2) is 0 Å². The van der Waals surface area contributed by atoms with Gasteiger partial charge in [0.25, 0.3) is 5.56 Å². The monoisotopic (exact) mass is 268 g/mol. The van der Waals surface area contributed by atoms with Gasteiger partial charge in [-0.1, -0.05) is 6.07 Å². The zero-order valence-electron chi connectivity index (χ0n) is 11.1. The summed E-state index contributed by atoms with van der Waals surface area (Å²) in [5.41, 5.74) is 2.58. The number of nitrogens with one attached hydrogen (secondary N) is 2. The average Bonchev–Trinajstić information content (AvgIpc) is 3.30. The fourth-order valence-corrected chi connectivity index (χ4v) is 2.97. The molecule has 0 aromatic carbocycles. The molecule has 0 unspecified atom stereocenters. The largest absolute Gasteiger partial charge is 0.312 e. The highest BCUT2D eigenvalue weighted by atomic mass is 16.1. The van der Waals surface area contributed by atoms with Crippen LogP contribution in [0.4, 0.5) is 0 Å². The van der Waals surface area contributed by atoms with E-state index < -0.39 is 0 Å². The average molecular weight is 268 g/mol. The third kappa shape index (κ3) is 1.70. The molecule has 0 atom stereocenters. The molecule has 2 aliphatic rings. The van der Waals surface area contributed by atoms with Crippen LogP contribution in [0, 0.1) is 0 Å². The lowest BCUT2D eigenvalue weighted by atomic mass is 9.99. The van der Waals surface area contributed by atoms with Crippen molar-refractivity contribution in [3.8, 4) is 0 Å². The van der Waals surface area contributed by atoms with Crippen molar-refractivity contribution >= 4 is 0 Å². The number of fused-ring (bicyclic) bond motifs is 1. The predicted molar refractivity (Wildman–Crippen MR) is 74.5 cm³/mol. The number of aromatic nitrogens is 3. The minimum absolute atomic E-state index is 0.000550. The van der Waals surface area contributed by atoms with Gasteiger partial charge in [0.2, 0.25) is 0 Å². The highest BCUT2D eigenvalue weighted by Crippen LogP contribution is 2.51. The molecule has 2 aromatic heterocycles. The first-order chi connectivity index (χ1) is 9.79. The summed E-state index contributed by atoms with van der Waals surface area (Å²) in [5.74, 6) is 0.793. The van der Waals surface area contributed by atoms with E-state index in [1.54, 1.807) is 6.20 Å². The Hall–Kier alpha value is -2.01. The molecule has 20 heavy (non-hydrogen) atoms. The summed E-state index contributed by atoms with van der Waals surface area (Å²) >= 11 is 0. The molecule has 0 bridgehead atoms. The van der Waals surface area contributed by atoms with Gasteiger partial charge in [0.1, 0.15) is 5.82 Å². The molecule has 3 heterocycles. The van der Waals surface area contributed by atoms with Crippen LogP contribution >= 0.6 is 0 Å². The van der Waals surface area contributed by atoms with Crippen molar-refractivity contribution in [2.24, 2.45) is 0 Å². The molecule has 0 spiro atoms. The van der Waals surface area contributed by atoms with Gasteiger partial charge >= 0.3 is 0 Å². The van der Waals surface area contributed by atoms with Gasteiger partial charge in [-0.2, -0.15) is 0 Å². The number of pyridine rings is 1. The fourth-order valence-electron chi connectivity index (χ4n) is 2.97. The highest BCUT2D eigenvalue weighted by molar-refractivity contribution is 5.36. The predicted octanol–water partition coefficient (Wildman–Crippen LogP) is 0.890. The second-order valence-corrected chi connectivity index (χ2v) is 5.56. The van der Waals surface area contributed by atoms with E-state index in [9.17, 15) is 4.79 Å². The highest BCUT2D eigenvalue weighted by Gasteiger charge is 2.49. The van der Waals surface area contributed by atoms with Crippen molar-refractivity contribution in [2.75, 3.05) is 6.54 Å². The third-order valence-corrected chi connectivity index (χ3v) is 4.30. The molecule has 0 saturated heterocycles. The topological polar surface area (TPSA) is 70.7 Å². The summed E-state index contributed by atoms with van der Waals surface area (Å²) in [4.78, 5) is 24.4. The Morgan fingerprint density at radius 3 is 2.90 bits per heavy atom. The van der Waals surface area contributed by atoms with E-state index in [4.69, 9.17) is 4.98 Å². The summed E-state index contributed by atoms with van der Waals surface area (Å²) in [5, 5.41) is 3.21. The van der Waals surface area contributed by atoms with Crippen molar-refractivity contribution in [3.05, 3.63) is 57.5 Å². The van der Waals surface area contributed by atoms with E-state index in [0.29, 0.717) is 6.54 Å². The molecule has 2 N–H and O–H groups in total. The Morgan fingerprint density at radius 2 is 2.15 bits per heavy atom. The SMILES string of the molecule is O=c1[nH]c(C2(c3ccccn3)CC2)nc2c1CNCC2. The first kappa shape index (κ1) is 11.8. The summed E-state index contributed by atoms with van der Waals surface area (Å²) < 4.78 is 0. The Balaban J connectivity index is 1.84. The number of aromatic amines is 1. The maximum Gasteiger partial charge on any atom is 0.255 e. The Morgan fingerprint density at radius 1 is 1.25 bits per heavy atom. The van der Waals surface area contributed by atoms with Crippen molar-refractivity contribution < 1.29 is 0 Å². The van der Waals surface area contributed by atoms with Gasteiger partial charge in [-0.25, -0.2) is 4.98 Å². The Kier molecular flexibility index (Phi) is 2.50. The van der Waals surface area contributed by atoms with Crippen LogP contribution < -0.4 is 10.9 Å². The Bertz CT molecular complexity index is 704. The van der Waals surface area contributed by atoms with Crippen molar-refractivity contribution in [1.29, 1.82) is 0 Å². The molecule has 2 aromatic rings. The van der Waals surface area contributed by atoms with Crippen LogP contribution in [-0.4, -0.2) is 21.5 Å².